The van der Waals surface area contributed by atoms with Gasteiger partial charge in [0.25, 0.3) is 0 Å². The van der Waals surface area contributed by atoms with Crippen LogP contribution in [0, 0.1) is 17.2 Å². The summed E-state index contributed by atoms with van der Waals surface area (Å²) in [5, 5.41) is 37.6. The largest absolute Gasteiger partial charge is 0.394 e. The number of methoxy groups -OCH3 is 1. The van der Waals surface area contributed by atoms with Crippen molar-refractivity contribution in [2.24, 2.45) is 5.92 Å². The number of nitriles is 1. The van der Waals surface area contributed by atoms with E-state index in [4.69, 9.17) is 19.8 Å². The molecule has 6 nitrogen and oxygen atoms in total. The molecule has 98 valence electrons. The lowest BCUT2D eigenvalue weighted by molar-refractivity contribution is -0.238. The first-order chi connectivity index (χ1) is 8.04. The molecule has 6 unspecified atom stereocenters. The SMILES string of the molecule is COC1C(CO)OC(CC(C)C#N)C(O)C1O. The van der Waals surface area contributed by atoms with Gasteiger partial charge in [-0.3, -0.25) is 0 Å². The fourth-order valence-electron chi connectivity index (χ4n) is 2.05. The summed E-state index contributed by atoms with van der Waals surface area (Å²) < 4.78 is 10.5. The highest BCUT2D eigenvalue weighted by Gasteiger charge is 2.44. The van der Waals surface area contributed by atoms with Crippen LogP contribution in [-0.2, 0) is 9.47 Å². The van der Waals surface area contributed by atoms with Gasteiger partial charge in [-0.25, -0.2) is 0 Å². The molecule has 6 heteroatoms. The molecule has 1 saturated heterocycles. The molecule has 0 aromatic carbocycles. The maximum absolute atomic E-state index is 9.85. The van der Waals surface area contributed by atoms with Crippen molar-refractivity contribution in [2.45, 2.75) is 43.9 Å². The maximum Gasteiger partial charge on any atom is 0.114 e. The summed E-state index contributed by atoms with van der Waals surface area (Å²) in [6.45, 7) is 1.40. The summed E-state index contributed by atoms with van der Waals surface area (Å²) in [7, 11) is 1.38. The highest BCUT2D eigenvalue weighted by molar-refractivity contribution is 4.95. The van der Waals surface area contributed by atoms with Crippen molar-refractivity contribution >= 4 is 0 Å². The molecule has 1 rings (SSSR count). The van der Waals surface area contributed by atoms with Crippen molar-refractivity contribution < 1.29 is 24.8 Å². The molecule has 0 radical (unpaired) electrons. The Balaban J connectivity index is 2.72. The van der Waals surface area contributed by atoms with E-state index in [9.17, 15) is 10.2 Å². The molecule has 0 aromatic heterocycles. The highest BCUT2D eigenvalue weighted by Crippen LogP contribution is 2.26. The fourth-order valence-corrected chi connectivity index (χ4v) is 2.05. The minimum absolute atomic E-state index is 0.291. The van der Waals surface area contributed by atoms with Gasteiger partial charge in [0.15, 0.2) is 0 Å². The molecule has 1 heterocycles. The molecular formula is C11H19NO5. The Morgan fingerprint density at radius 2 is 2.00 bits per heavy atom. The first-order valence-corrected chi connectivity index (χ1v) is 5.60. The highest BCUT2D eigenvalue weighted by atomic mass is 16.6. The normalized spacial score (nSPS) is 39.6. The molecule has 1 aliphatic rings. The predicted molar refractivity (Wildman–Crippen MR) is 58.0 cm³/mol. The van der Waals surface area contributed by atoms with Crippen LogP contribution in [0.3, 0.4) is 0 Å². The van der Waals surface area contributed by atoms with E-state index < -0.39 is 30.5 Å². The minimum Gasteiger partial charge on any atom is -0.394 e. The van der Waals surface area contributed by atoms with Crippen LogP contribution in [0.15, 0.2) is 0 Å². The molecular weight excluding hydrogens is 226 g/mol. The Bertz CT molecular complexity index is 278. The van der Waals surface area contributed by atoms with Gasteiger partial charge in [0.05, 0.1) is 18.8 Å². The zero-order valence-electron chi connectivity index (χ0n) is 9.98. The molecule has 0 aromatic rings. The number of nitrogens with zero attached hydrogens (tertiary/aromatic N) is 1. The second-order valence-corrected chi connectivity index (χ2v) is 4.34. The van der Waals surface area contributed by atoms with Gasteiger partial charge >= 0.3 is 0 Å². The Hall–Kier alpha value is -0.710. The molecule has 0 saturated carbocycles. The minimum atomic E-state index is -1.12. The smallest absolute Gasteiger partial charge is 0.114 e. The van der Waals surface area contributed by atoms with Crippen LogP contribution in [0.4, 0.5) is 0 Å². The Labute approximate surface area is 100 Å². The van der Waals surface area contributed by atoms with Gasteiger partial charge < -0.3 is 24.8 Å². The maximum atomic E-state index is 9.85. The fraction of sp³-hybridized carbons (Fsp3) is 0.909. The van der Waals surface area contributed by atoms with Crippen LogP contribution in [0.1, 0.15) is 13.3 Å². The number of hydrogen-bond acceptors (Lipinski definition) is 6. The average Bonchev–Trinajstić information content (AvgIpc) is 2.34. The number of hydrogen-bond donors (Lipinski definition) is 3. The van der Waals surface area contributed by atoms with Crippen LogP contribution in [-0.4, -0.2) is 59.6 Å². The molecule has 0 bridgehead atoms. The second-order valence-electron chi connectivity index (χ2n) is 4.34. The molecule has 0 amide bonds. The second kappa shape index (κ2) is 6.28. The molecule has 3 N–H and O–H groups in total. The molecule has 1 aliphatic heterocycles. The Morgan fingerprint density at radius 1 is 1.35 bits per heavy atom. The third-order valence-corrected chi connectivity index (χ3v) is 3.04. The van der Waals surface area contributed by atoms with Crippen LogP contribution in [0.2, 0.25) is 0 Å². The van der Waals surface area contributed by atoms with Gasteiger partial charge in [0.2, 0.25) is 0 Å². The summed E-state index contributed by atoms with van der Waals surface area (Å²) in [6, 6.07) is 2.04. The van der Waals surface area contributed by atoms with E-state index in [1.54, 1.807) is 6.92 Å². The zero-order chi connectivity index (χ0) is 13.0. The number of aliphatic hydroxyl groups is 3. The number of aliphatic hydroxyl groups excluding tert-OH is 3. The first-order valence-electron chi connectivity index (χ1n) is 5.60. The van der Waals surface area contributed by atoms with Gasteiger partial charge in [-0.1, -0.05) is 0 Å². The summed E-state index contributed by atoms with van der Waals surface area (Å²) in [4.78, 5) is 0. The van der Waals surface area contributed by atoms with E-state index in [-0.39, 0.29) is 12.5 Å². The van der Waals surface area contributed by atoms with Crippen molar-refractivity contribution in [1.29, 1.82) is 5.26 Å². The van der Waals surface area contributed by atoms with Gasteiger partial charge in [-0.15, -0.1) is 0 Å². The van der Waals surface area contributed by atoms with Crippen molar-refractivity contribution in [3.05, 3.63) is 0 Å². The zero-order valence-corrected chi connectivity index (χ0v) is 9.98. The third kappa shape index (κ3) is 3.15. The van der Waals surface area contributed by atoms with E-state index >= 15 is 0 Å². The quantitative estimate of drug-likeness (QED) is 0.589. The summed E-state index contributed by atoms with van der Waals surface area (Å²) in [5.41, 5.74) is 0. The molecule has 1 fully saturated rings. The lowest BCUT2D eigenvalue weighted by Gasteiger charge is -2.42. The number of ether oxygens (including phenoxy) is 2. The Kier molecular flexibility index (Phi) is 5.31. The van der Waals surface area contributed by atoms with E-state index in [1.165, 1.54) is 7.11 Å². The first kappa shape index (κ1) is 14.4. The lowest BCUT2D eigenvalue weighted by Crippen LogP contribution is -2.59. The Morgan fingerprint density at radius 3 is 2.47 bits per heavy atom. The van der Waals surface area contributed by atoms with Crippen molar-refractivity contribution in [3.63, 3.8) is 0 Å². The van der Waals surface area contributed by atoms with E-state index in [2.05, 4.69) is 0 Å². The summed E-state index contributed by atoms with van der Waals surface area (Å²) in [5.74, 6) is -0.291. The molecule has 6 atom stereocenters. The van der Waals surface area contributed by atoms with Gasteiger partial charge in [0, 0.05) is 13.0 Å². The van der Waals surface area contributed by atoms with E-state index in [0.29, 0.717) is 6.42 Å². The van der Waals surface area contributed by atoms with Crippen molar-refractivity contribution in [1.82, 2.24) is 0 Å². The van der Waals surface area contributed by atoms with Crippen LogP contribution in [0.5, 0.6) is 0 Å². The average molecular weight is 245 g/mol. The van der Waals surface area contributed by atoms with E-state index in [1.807, 2.05) is 6.07 Å². The van der Waals surface area contributed by atoms with E-state index in [0.717, 1.165) is 0 Å². The van der Waals surface area contributed by atoms with Gasteiger partial charge in [-0.05, 0) is 13.3 Å². The molecule has 0 aliphatic carbocycles. The van der Waals surface area contributed by atoms with Crippen molar-refractivity contribution in [3.8, 4) is 6.07 Å². The molecule has 0 spiro atoms. The summed E-state index contributed by atoms with van der Waals surface area (Å²) >= 11 is 0. The van der Waals surface area contributed by atoms with Crippen LogP contribution >= 0.6 is 0 Å². The monoisotopic (exact) mass is 245 g/mol. The lowest BCUT2D eigenvalue weighted by atomic mass is 9.90. The summed E-state index contributed by atoms with van der Waals surface area (Å²) in [6.07, 6.45) is -4.04. The van der Waals surface area contributed by atoms with Gasteiger partial charge in [0.1, 0.15) is 24.4 Å². The standard InChI is InChI=1S/C11H19NO5/c1-6(4-12)3-7-9(14)10(15)11(16-2)8(5-13)17-7/h6-11,13-15H,3,5H2,1-2H3. The predicted octanol–water partition coefficient (Wildman–Crippen LogP) is -0.967. The number of rotatable bonds is 4. The van der Waals surface area contributed by atoms with Crippen LogP contribution < -0.4 is 0 Å². The van der Waals surface area contributed by atoms with Gasteiger partial charge in [-0.2, -0.15) is 5.26 Å². The van der Waals surface area contributed by atoms with Crippen LogP contribution in [0.25, 0.3) is 0 Å². The third-order valence-electron chi connectivity index (χ3n) is 3.04. The molecule has 17 heavy (non-hydrogen) atoms. The topological polar surface area (TPSA) is 103 Å². The van der Waals surface area contributed by atoms with Crippen molar-refractivity contribution in [2.75, 3.05) is 13.7 Å².